The third-order valence-corrected chi connectivity index (χ3v) is 5.85. The summed E-state index contributed by atoms with van der Waals surface area (Å²) in [7, 11) is 0. The number of benzene rings is 2. The Hall–Kier alpha value is -2.30. The molecule has 2 nitrogen and oxygen atoms in total. The Morgan fingerprint density at radius 2 is 1.50 bits per heavy atom. The van der Waals surface area contributed by atoms with Crippen molar-refractivity contribution in [2.24, 2.45) is 0 Å². The second-order valence-electron chi connectivity index (χ2n) is 8.90. The minimum atomic E-state index is -4.80. The molecule has 0 spiro atoms. The van der Waals surface area contributed by atoms with Gasteiger partial charge in [-0.05, 0) is 77.1 Å². The lowest BCUT2D eigenvalue weighted by Crippen LogP contribution is -2.34. The zero-order valence-corrected chi connectivity index (χ0v) is 16.8. The predicted octanol–water partition coefficient (Wildman–Crippen LogP) is 6.72. The summed E-state index contributed by atoms with van der Waals surface area (Å²) in [5, 5.41) is 0. The van der Waals surface area contributed by atoms with Crippen molar-refractivity contribution in [1.29, 1.82) is 0 Å². The maximum Gasteiger partial charge on any atom is 0.573 e. The van der Waals surface area contributed by atoms with Gasteiger partial charge in [-0.3, -0.25) is 4.79 Å². The Morgan fingerprint density at radius 1 is 0.929 bits per heavy atom. The molecule has 0 atom stereocenters. The molecule has 1 aliphatic carbocycles. The van der Waals surface area contributed by atoms with Gasteiger partial charge >= 0.3 is 6.36 Å². The van der Waals surface area contributed by atoms with Gasteiger partial charge in [0.2, 0.25) is 0 Å². The summed E-state index contributed by atoms with van der Waals surface area (Å²) in [5.41, 5.74) is 4.40. The van der Waals surface area contributed by atoms with Gasteiger partial charge in [0.05, 0.1) is 0 Å². The van der Waals surface area contributed by atoms with Crippen molar-refractivity contribution < 1.29 is 22.7 Å². The molecule has 0 heterocycles. The first-order valence-electron chi connectivity index (χ1n) is 9.35. The normalized spacial score (nSPS) is 17.7. The third kappa shape index (κ3) is 3.80. The van der Waals surface area contributed by atoms with Gasteiger partial charge in [-0.2, -0.15) is 0 Å². The monoisotopic (exact) mass is 390 g/mol. The van der Waals surface area contributed by atoms with E-state index in [1.54, 1.807) is 0 Å². The molecule has 0 unspecified atom stereocenters. The minimum absolute atomic E-state index is 0.00406. The second kappa shape index (κ2) is 6.64. The van der Waals surface area contributed by atoms with Crippen molar-refractivity contribution >= 4 is 6.29 Å². The minimum Gasteiger partial charge on any atom is -0.405 e. The number of halogens is 3. The highest BCUT2D eigenvalue weighted by molar-refractivity contribution is 5.83. The molecule has 2 aromatic carbocycles. The molecular formula is C23H25F3O2. The number of aldehydes is 1. The zero-order chi connectivity index (χ0) is 20.9. The fourth-order valence-corrected chi connectivity index (χ4v) is 4.06. The van der Waals surface area contributed by atoms with Crippen LogP contribution in [0.3, 0.4) is 0 Å². The number of aryl methyl sites for hydroxylation is 1. The average Bonchev–Trinajstić information content (AvgIpc) is 2.58. The SMILES string of the molecule is Cc1cc2c(cc1-c1cc(C=O)ccc1OC(F)(F)F)C(C)(C)CCC2(C)C. The first-order valence-corrected chi connectivity index (χ1v) is 9.35. The zero-order valence-electron chi connectivity index (χ0n) is 16.8. The lowest BCUT2D eigenvalue weighted by Gasteiger charge is -2.42. The number of alkyl halides is 3. The smallest absolute Gasteiger partial charge is 0.405 e. The molecule has 1 aliphatic rings. The number of hydrogen-bond donors (Lipinski definition) is 0. The molecule has 0 aliphatic heterocycles. The van der Waals surface area contributed by atoms with Crippen molar-refractivity contribution in [3.8, 4) is 16.9 Å². The van der Waals surface area contributed by atoms with Crippen LogP contribution in [0.4, 0.5) is 13.2 Å². The summed E-state index contributed by atoms with van der Waals surface area (Å²) in [4.78, 5) is 11.2. The van der Waals surface area contributed by atoms with E-state index in [4.69, 9.17) is 0 Å². The second-order valence-corrected chi connectivity index (χ2v) is 8.90. The highest BCUT2D eigenvalue weighted by atomic mass is 19.4. The quantitative estimate of drug-likeness (QED) is 0.544. The van der Waals surface area contributed by atoms with Crippen molar-refractivity contribution in [1.82, 2.24) is 0 Å². The van der Waals surface area contributed by atoms with Gasteiger partial charge in [0.25, 0.3) is 0 Å². The van der Waals surface area contributed by atoms with Crippen molar-refractivity contribution in [2.75, 3.05) is 0 Å². The Labute approximate surface area is 163 Å². The maximum absolute atomic E-state index is 12.9. The van der Waals surface area contributed by atoms with Crippen LogP contribution in [0.1, 0.15) is 67.6 Å². The average molecular weight is 390 g/mol. The largest absolute Gasteiger partial charge is 0.573 e. The van der Waals surface area contributed by atoms with Crippen LogP contribution in [0.15, 0.2) is 30.3 Å². The molecule has 150 valence electrons. The number of rotatable bonds is 3. The third-order valence-electron chi connectivity index (χ3n) is 5.85. The summed E-state index contributed by atoms with van der Waals surface area (Å²) in [6.07, 6.45) is -2.13. The Balaban J connectivity index is 2.26. The van der Waals surface area contributed by atoms with Crippen molar-refractivity contribution in [3.63, 3.8) is 0 Å². The van der Waals surface area contributed by atoms with E-state index in [0.717, 1.165) is 24.0 Å². The van der Waals surface area contributed by atoms with Crippen LogP contribution >= 0.6 is 0 Å². The van der Waals surface area contributed by atoms with E-state index >= 15 is 0 Å². The molecule has 0 fully saturated rings. The molecule has 28 heavy (non-hydrogen) atoms. The van der Waals surface area contributed by atoms with Crippen LogP contribution in [0.25, 0.3) is 11.1 Å². The summed E-state index contributed by atoms with van der Waals surface area (Å²) in [6, 6.07) is 8.07. The first-order chi connectivity index (χ1) is 12.8. The molecule has 2 aromatic rings. The van der Waals surface area contributed by atoms with E-state index in [1.807, 2.05) is 13.0 Å². The van der Waals surface area contributed by atoms with Crippen LogP contribution in [0.2, 0.25) is 0 Å². The Bertz CT molecular complexity index is 924. The van der Waals surface area contributed by atoms with Gasteiger partial charge < -0.3 is 4.74 Å². The van der Waals surface area contributed by atoms with E-state index in [9.17, 15) is 18.0 Å². The molecular weight excluding hydrogens is 365 g/mol. The lowest BCUT2D eigenvalue weighted by atomic mass is 9.62. The Kier molecular flexibility index (Phi) is 4.85. The number of carbonyl (C=O) groups is 1. The number of carbonyl (C=O) groups excluding carboxylic acids is 1. The van der Waals surface area contributed by atoms with Gasteiger partial charge in [0, 0.05) is 11.1 Å². The fourth-order valence-electron chi connectivity index (χ4n) is 4.06. The van der Waals surface area contributed by atoms with Crippen LogP contribution in [-0.2, 0) is 10.8 Å². The molecule has 0 radical (unpaired) electrons. The van der Waals surface area contributed by atoms with E-state index in [1.165, 1.54) is 23.8 Å². The molecule has 0 amide bonds. The molecule has 5 heteroatoms. The van der Waals surface area contributed by atoms with Crippen molar-refractivity contribution in [3.05, 3.63) is 52.6 Å². The van der Waals surface area contributed by atoms with Crippen LogP contribution in [0, 0.1) is 6.92 Å². The molecule has 0 bridgehead atoms. The highest BCUT2D eigenvalue weighted by Gasteiger charge is 2.38. The van der Waals surface area contributed by atoms with Gasteiger partial charge in [-0.25, -0.2) is 0 Å². The lowest BCUT2D eigenvalue weighted by molar-refractivity contribution is -0.274. The van der Waals surface area contributed by atoms with Gasteiger partial charge in [-0.15, -0.1) is 13.2 Å². The molecule has 0 aromatic heterocycles. The number of ether oxygens (including phenoxy) is 1. The summed E-state index contributed by atoms with van der Waals surface area (Å²) >= 11 is 0. The Morgan fingerprint density at radius 3 is 2.04 bits per heavy atom. The molecule has 3 rings (SSSR count). The molecule has 0 saturated heterocycles. The number of hydrogen-bond acceptors (Lipinski definition) is 2. The van der Waals surface area contributed by atoms with E-state index in [0.29, 0.717) is 17.4 Å². The van der Waals surface area contributed by atoms with E-state index < -0.39 is 6.36 Å². The van der Waals surface area contributed by atoms with E-state index in [2.05, 4.69) is 38.5 Å². The maximum atomic E-state index is 12.9. The first kappa shape index (κ1) is 20.4. The van der Waals surface area contributed by atoms with Gasteiger partial charge in [0.1, 0.15) is 12.0 Å². The molecule has 0 N–H and O–H groups in total. The number of fused-ring (bicyclic) bond motifs is 1. The summed E-state index contributed by atoms with van der Waals surface area (Å²) < 4.78 is 43.0. The topological polar surface area (TPSA) is 26.3 Å². The predicted molar refractivity (Wildman–Crippen MR) is 104 cm³/mol. The summed E-state index contributed by atoms with van der Waals surface area (Å²) in [6.45, 7) is 10.6. The van der Waals surface area contributed by atoms with Crippen LogP contribution in [0.5, 0.6) is 5.75 Å². The van der Waals surface area contributed by atoms with E-state index in [-0.39, 0.29) is 22.1 Å². The van der Waals surface area contributed by atoms with Gasteiger partial charge in [-0.1, -0.05) is 33.8 Å². The van der Waals surface area contributed by atoms with Crippen LogP contribution in [-0.4, -0.2) is 12.6 Å². The van der Waals surface area contributed by atoms with Gasteiger partial charge in [0.15, 0.2) is 0 Å². The molecule has 0 saturated carbocycles. The fraction of sp³-hybridized carbons (Fsp3) is 0.435. The highest BCUT2D eigenvalue weighted by Crippen LogP contribution is 2.48. The van der Waals surface area contributed by atoms with Crippen molar-refractivity contribution in [2.45, 2.75) is 64.7 Å². The van der Waals surface area contributed by atoms with Crippen LogP contribution < -0.4 is 4.74 Å². The summed E-state index contributed by atoms with van der Waals surface area (Å²) in [5.74, 6) is -0.297. The standard InChI is InChI=1S/C23H25F3O2/c1-14-10-18-19(22(4,5)9-8-21(18,2)3)12-16(14)17-11-15(13-27)6-7-20(17)28-23(24,25)26/h6-7,10-13H,8-9H2,1-5H3.